The fourth-order valence-electron chi connectivity index (χ4n) is 2.17. The van der Waals surface area contributed by atoms with Crippen LogP contribution in [0.25, 0.3) is 11.3 Å². The van der Waals surface area contributed by atoms with E-state index >= 15 is 0 Å². The first-order valence-corrected chi connectivity index (χ1v) is 8.98. The molecule has 8 nitrogen and oxygen atoms in total. The van der Waals surface area contributed by atoms with Crippen molar-refractivity contribution in [2.45, 2.75) is 13.8 Å². The quantitative estimate of drug-likeness (QED) is 0.779. The van der Waals surface area contributed by atoms with Crippen LogP contribution in [0.1, 0.15) is 13.8 Å². The van der Waals surface area contributed by atoms with Gasteiger partial charge in [0.1, 0.15) is 5.75 Å². The van der Waals surface area contributed by atoms with E-state index in [0.29, 0.717) is 11.3 Å². The molecule has 1 aromatic carbocycles. The van der Waals surface area contributed by atoms with Gasteiger partial charge in [0.15, 0.2) is 5.76 Å². The number of carbonyl (C=O) groups is 1. The molecule has 0 unspecified atom stereocenters. The normalized spacial score (nSPS) is 11.2. The van der Waals surface area contributed by atoms with E-state index in [1.165, 1.54) is 21.1 Å². The third kappa shape index (κ3) is 3.55. The number of sulfonamides is 1. The highest BCUT2D eigenvalue weighted by Crippen LogP contribution is 2.49. The number of hydrogen-bond acceptors (Lipinski definition) is 7. The number of benzene rings is 1. The van der Waals surface area contributed by atoms with Gasteiger partial charge in [0.05, 0.1) is 18.4 Å². The second-order valence-corrected chi connectivity index (χ2v) is 7.36. The zero-order valence-electron chi connectivity index (χ0n) is 14.3. The summed E-state index contributed by atoms with van der Waals surface area (Å²) in [4.78, 5) is 11.4. The second-order valence-electron chi connectivity index (χ2n) is 5.08. The Kier molecular flexibility index (Phi) is 5.27. The Morgan fingerprint density at radius 3 is 2.52 bits per heavy atom. The van der Waals surface area contributed by atoms with Crippen molar-refractivity contribution in [2.75, 3.05) is 24.2 Å². The molecule has 0 atom stereocenters. The van der Waals surface area contributed by atoms with E-state index in [9.17, 15) is 18.3 Å². The standard InChI is InChI=1S/C16H19NO7S/c1-5-25(20,21)17(3)16-15(23-10(2)18)13(19)14(24-16)11-8-6-7-9-12(11)22-4/h6-9,19H,5H2,1-4H3. The summed E-state index contributed by atoms with van der Waals surface area (Å²) in [6, 6.07) is 6.68. The molecule has 0 amide bonds. The molecule has 1 N–H and O–H groups in total. The highest BCUT2D eigenvalue weighted by Gasteiger charge is 2.31. The average Bonchev–Trinajstić information content (AvgIpc) is 2.90. The summed E-state index contributed by atoms with van der Waals surface area (Å²) in [7, 11) is -1.01. The molecule has 0 fully saturated rings. The van der Waals surface area contributed by atoms with Gasteiger partial charge in [0.25, 0.3) is 5.88 Å². The lowest BCUT2D eigenvalue weighted by Gasteiger charge is -2.16. The van der Waals surface area contributed by atoms with Crippen molar-refractivity contribution in [2.24, 2.45) is 0 Å². The Labute approximate surface area is 145 Å². The van der Waals surface area contributed by atoms with Gasteiger partial charge in [-0.15, -0.1) is 0 Å². The zero-order chi connectivity index (χ0) is 18.8. The lowest BCUT2D eigenvalue weighted by Crippen LogP contribution is -2.28. The molecule has 2 rings (SSSR count). The molecule has 0 saturated carbocycles. The monoisotopic (exact) mass is 369 g/mol. The Hall–Kier alpha value is -2.68. The summed E-state index contributed by atoms with van der Waals surface area (Å²) in [5.41, 5.74) is 0.379. The number of methoxy groups -OCH3 is 1. The van der Waals surface area contributed by atoms with Gasteiger partial charge in [-0.1, -0.05) is 12.1 Å². The van der Waals surface area contributed by atoms with Crippen molar-refractivity contribution in [1.29, 1.82) is 0 Å². The molecule has 136 valence electrons. The number of hydrogen-bond donors (Lipinski definition) is 1. The fraction of sp³-hybridized carbons (Fsp3) is 0.312. The van der Waals surface area contributed by atoms with Crippen LogP contribution in [-0.2, 0) is 14.8 Å². The number of furan rings is 1. The SMILES string of the molecule is CCS(=O)(=O)N(C)c1oc(-c2ccccc2OC)c(O)c1OC(C)=O. The molecule has 0 aliphatic carbocycles. The maximum absolute atomic E-state index is 12.1. The first-order chi connectivity index (χ1) is 11.7. The minimum Gasteiger partial charge on any atom is -0.502 e. The lowest BCUT2D eigenvalue weighted by atomic mass is 10.1. The van der Waals surface area contributed by atoms with Gasteiger partial charge >= 0.3 is 5.97 Å². The zero-order valence-corrected chi connectivity index (χ0v) is 15.1. The molecular weight excluding hydrogens is 350 g/mol. The number of ether oxygens (including phenoxy) is 2. The number of carbonyl (C=O) groups excluding carboxylic acids is 1. The van der Waals surface area contributed by atoms with Crippen LogP contribution in [0.2, 0.25) is 0 Å². The third-order valence-electron chi connectivity index (χ3n) is 3.49. The molecule has 0 spiro atoms. The van der Waals surface area contributed by atoms with Crippen LogP contribution >= 0.6 is 0 Å². The second kappa shape index (κ2) is 7.06. The van der Waals surface area contributed by atoms with Crippen molar-refractivity contribution < 1.29 is 32.2 Å². The van der Waals surface area contributed by atoms with E-state index in [4.69, 9.17) is 13.9 Å². The smallest absolute Gasteiger partial charge is 0.308 e. The van der Waals surface area contributed by atoms with Gasteiger partial charge in [-0.25, -0.2) is 12.7 Å². The molecule has 1 heterocycles. The van der Waals surface area contributed by atoms with Gasteiger partial charge in [-0.05, 0) is 19.1 Å². The highest BCUT2D eigenvalue weighted by atomic mass is 32.2. The number of rotatable bonds is 6. The number of anilines is 1. The highest BCUT2D eigenvalue weighted by molar-refractivity contribution is 7.92. The van der Waals surface area contributed by atoms with Gasteiger partial charge in [-0.2, -0.15) is 0 Å². The van der Waals surface area contributed by atoms with Crippen LogP contribution in [0, 0.1) is 0 Å². The van der Waals surface area contributed by atoms with E-state index in [2.05, 4.69) is 0 Å². The van der Waals surface area contributed by atoms with Crippen LogP contribution in [0.4, 0.5) is 5.88 Å². The maximum atomic E-state index is 12.1. The molecule has 9 heteroatoms. The van der Waals surface area contributed by atoms with Crippen LogP contribution in [0.5, 0.6) is 17.2 Å². The molecule has 0 saturated heterocycles. The van der Waals surface area contributed by atoms with Crippen molar-refractivity contribution in [3.05, 3.63) is 24.3 Å². The minimum absolute atomic E-state index is 0.0677. The largest absolute Gasteiger partial charge is 0.502 e. The van der Waals surface area contributed by atoms with E-state index in [1.807, 2.05) is 0 Å². The first-order valence-electron chi connectivity index (χ1n) is 7.37. The summed E-state index contributed by atoms with van der Waals surface area (Å²) in [5.74, 6) is -1.76. The third-order valence-corrected chi connectivity index (χ3v) is 5.22. The van der Waals surface area contributed by atoms with Gasteiger partial charge in [-0.3, -0.25) is 4.79 Å². The van der Waals surface area contributed by atoms with Crippen LogP contribution in [0.3, 0.4) is 0 Å². The molecule has 0 bridgehead atoms. The molecule has 2 aromatic rings. The van der Waals surface area contributed by atoms with Gasteiger partial charge < -0.3 is 19.0 Å². The summed E-state index contributed by atoms with van der Waals surface area (Å²) < 4.78 is 40.9. The van der Waals surface area contributed by atoms with Gasteiger partial charge in [0.2, 0.25) is 21.5 Å². The number of aromatic hydroxyl groups is 1. The average molecular weight is 369 g/mol. The number of nitrogens with zero attached hydrogens (tertiary/aromatic N) is 1. The Morgan fingerprint density at radius 2 is 1.96 bits per heavy atom. The summed E-state index contributed by atoms with van der Waals surface area (Å²) in [6.45, 7) is 2.59. The number of para-hydroxylation sites is 1. The van der Waals surface area contributed by atoms with E-state index < -0.39 is 21.7 Å². The Balaban J connectivity index is 2.70. The van der Waals surface area contributed by atoms with Crippen molar-refractivity contribution in [3.8, 4) is 28.6 Å². The van der Waals surface area contributed by atoms with Crippen LogP contribution < -0.4 is 13.8 Å². The van der Waals surface area contributed by atoms with Crippen molar-refractivity contribution in [1.82, 2.24) is 0 Å². The Morgan fingerprint density at radius 1 is 1.32 bits per heavy atom. The van der Waals surface area contributed by atoms with Crippen molar-refractivity contribution >= 4 is 21.9 Å². The summed E-state index contributed by atoms with van der Waals surface area (Å²) in [5, 5.41) is 10.5. The Bertz CT molecular complexity index is 886. The predicted octanol–water partition coefficient (Wildman–Crippen LogP) is 2.37. The maximum Gasteiger partial charge on any atom is 0.308 e. The van der Waals surface area contributed by atoms with E-state index in [0.717, 1.165) is 11.2 Å². The van der Waals surface area contributed by atoms with Crippen molar-refractivity contribution in [3.63, 3.8) is 0 Å². The molecule has 25 heavy (non-hydrogen) atoms. The fourth-order valence-corrected chi connectivity index (χ4v) is 2.93. The minimum atomic E-state index is -3.70. The topological polar surface area (TPSA) is 106 Å². The van der Waals surface area contributed by atoms with Crippen LogP contribution in [0.15, 0.2) is 28.7 Å². The van der Waals surface area contributed by atoms with Crippen LogP contribution in [-0.4, -0.2) is 39.4 Å². The van der Waals surface area contributed by atoms with E-state index in [-0.39, 0.29) is 23.1 Å². The summed E-state index contributed by atoms with van der Waals surface area (Å²) in [6.07, 6.45) is 0. The van der Waals surface area contributed by atoms with E-state index in [1.54, 1.807) is 24.3 Å². The first kappa shape index (κ1) is 18.7. The summed E-state index contributed by atoms with van der Waals surface area (Å²) >= 11 is 0. The lowest BCUT2D eigenvalue weighted by molar-refractivity contribution is -0.132. The molecule has 1 aromatic heterocycles. The molecule has 0 aliphatic heterocycles. The number of esters is 1. The molecule has 0 aliphatic rings. The molecule has 0 radical (unpaired) electrons. The predicted molar refractivity (Wildman–Crippen MR) is 91.5 cm³/mol. The molecular formula is C16H19NO7S. The van der Waals surface area contributed by atoms with Gasteiger partial charge in [0, 0.05) is 14.0 Å².